The zero-order valence-corrected chi connectivity index (χ0v) is 17.5. The van der Waals surface area contributed by atoms with E-state index in [4.69, 9.17) is 0 Å². The van der Waals surface area contributed by atoms with E-state index < -0.39 is 0 Å². The highest BCUT2D eigenvalue weighted by molar-refractivity contribution is 5.22. The fraction of sp³-hybridized carbons (Fsp3) is 0.360. The third kappa shape index (κ3) is 5.11. The van der Waals surface area contributed by atoms with Crippen LogP contribution in [0, 0.1) is 18.7 Å². The summed E-state index contributed by atoms with van der Waals surface area (Å²) in [6.45, 7) is 11.3. The smallest absolute Gasteiger partial charge is 0.132 e. The number of benzene rings is 2. The molecule has 0 fully saturated rings. The molecular formula is C25H32FN2+. The van der Waals surface area contributed by atoms with Crippen molar-refractivity contribution in [3.63, 3.8) is 0 Å². The highest BCUT2D eigenvalue weighted by Crippen LogP contribution is 2.11. The highest BCUT2D eigenvalue weighted by Gasteiger charge is 2.24. The lowest BCUT2D eigenvalue weighted by molar-refractivity contribution is -0.954. The SMILES string of the molecule is Cc1ccc(Cn2cccc2C[NH+](Cc2ccccc2F)[C@H](C)C(C)C)cc1. The number of hydrogen-bond donors (Lipinski definition) is 1. The van der Waals surface area contributed by atoms with E-state index in [1.807, 2.05) is 12.1 Å². The summed E-state index contributed by atoms with van der Waals surface area (Å²) in [6.07, 6.45) is 2.15. The molecule has 3 heteroatoms. The number of halogens is 1. The van der Waals surface area contributed by atoms with Crippen LogP contribution in [0.2, 0.25) is 0 Å². The van der Waals surface area contributed by atoms with Gasteiger partial charge in [0, 0.05) is 24.2 Å². The lowest BCUT2D eigenvalue weighted by Crippen LogP contribution is -3.13. The van der Waals surface area contributed by atoms with Crippen molar-refractivity contribution in [2.45, 2.75) is 53.4 Å². The highest BCUT2D eigenvalue weighted by atomic mass is 19.1. The summed E-state index contributed by atoms with van der Waals surface area (Å²) in [4.78, 5) is 1.39. The van der Waals surface area contributed by atoms with Gasteiger partial charge in [-0.25, -0.2) is 4.39 Å². The molecule has 1 aromatic heterocycles. The van der Waals surface area contributed by atoms with Gasteiger partial charge in [-0.3, -0.25) is 0 Å². The minimum absolute atomic E-state index is 0.106. The Kier molecular flexibility index (Phi) is 6.69. The molecule has 0 aliphatic heterocycles. The van der Waals surface area contributed by atoms with Crippen LogP contribution in [0.25, 0.3) is 0 Å². The van der Waals surface area contributed by atoms with Crippen LogP contribution in [0.3, 0.4) is 0 Å². The molecule has 3 aromatic rings. The summed E-state index contributed by atoms with van der Waals surface area (Å²) < 4.78 is 16.6. The van der Waals surface area contributed by atoms with Gasteiger partial charge >= 0.3 is 0 Å². The first-order valence-corrected chi connectivity index (χ1v) is 10.2. The summed E-state index contributed by atoms with van der Waals surface area (Å²) in [5, 5.41) is 0. The van der Waals surface area contributed by atoms with E-state index in [-0.39, 0.29) is 5.82 Å². The van der Waals surface area contributed by atoms with Gasteiger partial charge in [0.25, 0.3) is 0 Å². The summed E-state index contributed by atoms with van der Waals surface area (Å²) in [7, 11) is 0. The maximum Gasteiger partial charge on any atom is 0.132 e. The maximum atomic E-state index is 14.3. The number of nitrogens with one attached hydrogen (secondary N) is 1. The molecule has 0 amide bonds. The zero-order chi connectivity index (χ0) is 20.1. The Morgan fingerprint density at radius 3 is 2.29 bits per heavy atom. The minimum atomic E-state index is -0.106. The van der Waals surface area contributed by atoms with Crippen molar-refractivity contribution in [2.24, 2.45) is 5.92 Å². The predicted molar refractivity (Wildman–Crippen MR) is 114 cm³/mol. The summed E-state index contributed by atoms with van der Waals surface area (Å²) >= 11 is 0. The predicted octanol–water partition coefficient (Wildman–Crippen LogP) is 4.61. The molecule has 2 atom stereocenters. The van der Waals surface area contributed by atoms with Crippen LogP contribution in [0.4, 0.5) is 4.39 Å². The van der Waals surface area contributed by atoms with Gasteiger partial charge in [0.2, 0.25) is 0 Å². The van der Waals surface area contributed by atoms with Gasteiger partial charge in [-0.2, -0.15) is 0 Å². The van der Waals surface area contributed by atoms with E-state index in [9.17, 15) is 4.39 Å². The van der Waals surface area contributed by atoms with Gasteiger partial charge in [-0.1, -0.05) is 61.9 Å². The molecule has 0 spiro atoms. The third-order valence-electron chi connectivity index (χ3n) is 5.82. The Morgan fingerprint density at radius 1 is 0.893 bits per heavy atom. The van der Waals surface area contributed by atoms with Gasteiger partial charge in [-0.15, -0.1) is 0 Å². The third-order valence-corrected chi connectivity index (χ3v) is 5.82. The summed E-state index contributed by atoms with van der Waals surface area (Å²) in [6, 6.07) is 20.6. The first-order valence-electron chi connectivity index (χ1n) is 10.2. The first-order chi connectivity index (χ1) is 13.4. The van der Waals surface area contributed by atoms with Crippen LogP contribution in [0.5, 0.6) is 0 Å². The van der Waals surface area contributed by atoms with E-state index in [0.29, 0.717) is 18.5 Å². The van der Waals surface area contributed by atoms with Gasteiger partial charge < -0.3 is 9.47 Å². The molecule has 1 heterocycles. The van der Waals surface area contributed by atoms with Crippen molar-refractivity contribution < 1.29 is 9.29 Å². The molecule has 0 radical (unpaired) electrons. The van der Waals surface area contributed by atoms with Crippen LogP contribution in [-0.4, -0.2) is 10.6 Å². The summed E-state index contributed by atoms with van der Waals surface area (Å²) in [5.41, 5.74) is 4.67. The first kappa shape index (κ1) is 20.3. The molecule has 1 unspecified atom stereocenters. The average Bonchev–Trinajstić information content (AvgIpc) is 3.10. The topological polar surface area (TPSA) is 9.37 Å². The maximum absolute atomic E-state index is 14.3. The van der Waals surface area contributed by atoms with Crippen LogP contribution in [-0.2, 0) is 19.6 Å². The quantitative estimate of drug-likeness (QED) is 0.585. The Labute approximate surface area is 168 Å². The van der Waals surface area contributed by atoms with E-state index >= 15 is 0 Å². The molecular weight excluding hydrogens is 347 g/mol. The van der Waals surface area contributed by atoms with E-state index in [1.54, 1.807) is 12.1 Å². The van der Waals surface area contributed by atoms with Gasteiger partial charge in [0.1, 0.15) is 18.9 Å². The molecule has 2 aromatic carbocycles. The molecule has 1 N–H and O–H groups in total. The van der Waals surface area contributed by atoms with Crippen LogP contribution < -0.4 is 4.90 Å². The molecule has 0 saturated heterocycles. The van der Waals surface area contributed by atoms with Gasteiger partial charge in [-0.05, 0) is 37.6 Å². The standard InChI is InChI=1S/C25H31FN2/c1-19(2)21(4)28(17-23-8-5-6-10-25(23)26)18-24-9-7-15-27(24)16-22-13-11-20(3)12-14-22/h5-15,19,21H,16-18H2,1-4H3/p+1/t21-/m1/s1. The van der Waals surface area contributed by atoms with E-state index in [1.165, 1.54) is 21.7 Å². The molecule has 2 nitrogen and oxygen atoms in total. The van der Waals surface area contributed by atoms with Crippen molar-refractivity contribution >= 4 is 0 Å². The number of aromatic nitrogens is 1. The van der Waals surface area contributed by atoms with Crippen molar-refractivity contribution in [1.29, 1.82) is 0 Å². The monoisotopic (exact) mass is 379 g/mol. The number of hydrogen-bond acceptors (Lipinski definition) is 0. The number of quaternary nitrogens is 1. The van der Waals surface area contributed by atoms with Crippen molar-refractivity contribution in [3.05, 3.63) is 95.1 Å². The Morgan fingerprint density at radius 2 is 1.61 bits per heavy atom. The Balaban J connectivity index is 1.80. The van der Waals surface area contributed by atoms with Crippen molar-refractivity contribution in [2.75, 3.05) is 0 Å². The minimum Gasteiger partial charge on any atom is -0.342 e. The second-order valence-corrected chi connectivity index (χ2v) is 8.25. The number of nitrogens with zero attached hydrogens (tertiary/aromatic N) is 1. The van der Waals surface area contributed by atoms with Gasteiger partial charge in [0.15, 0.2) is 0 Å². The summed E-state index contributed by atoms with van der Waals surface area (Å²) in [5.74, 6) is 0.424. The Hall–Kier alpha value is -2.39. The van der Waals surface area contributed by atoms with Crippen LogP contribution in [0.15, 0.2) is 66.9 Å². The second-order valence-electron chi connectivity index (χ2n) is 8.25. The number of aryl methyl sites for hydroxylation is 1. The lowest BCUT2D eigenvalue weighted by atomic mass is 10.0. The van der Waals surface area contributed by atoms with Crippen molar-refractivity contribution in [1.82, 2.24) is 4.57 Å². The molecule has 148 valence electrons. The fourth-order valence-corrected chi connectivity index (χ4v) is 3.63. The average molecular weight is 380 g/mol. The molecule has 0 saturated carbocycles. The molecule has 0 aliphatic carbocycles. The zero-order valence-electron chi connectivity index (χ0n) is 17.5. The molecule has 28 heavy (non-hydrogen) atoms. The Bertz CT molecular complexity index is 880. The van der Waals surface area contributed by atoms with Gasteiger partial charge in [0.05, 0.1) is 11.7 Å². The van der Waals surface area contributed by atoms with E-state index in [2.05, 4.69) is 74.9 Å². The normalized spacial score (nSPS) is 13.6. The molecule has 0 aliphatic rings. The van der Waals surface area contributed by atoms with Crippen LogP contribution in [0.1, 0.15) is 43.2 Å². The molecule has 3 rings (SSSR count). The molecule has 0 bridgehead atoms. The van der Waals surface area contributed by atoms with Crippen LogP contribution >= 0.6 is 0 Å². The van der Waals surface area contributed by atoms with E-state index in [0.717, 1.165) is 18.7 Å². The fourth-order valence-electron chi connectivity index (χ4n) is 3.63. The largest absolute Gasteiger partial charge is 0.342 e. The lowest BCUT2D eigenvalue weighted by Gasteiger charge is -2.29. The number of rotatable bonds is 8. The second kappa shape index (κ2) is 9.20. The van der Waals surface area contributed by atoms with Crippen molar-refractivity contribution in [3.8, 4) is 0 Å².